The van der Waals surface area contributed by atoms with Crippen LogP contribution in [0.15, 0.2) is 18.2 Å². The van der Waals surface area contributed by atoms with Crippen LogP contribution in [-0.2, 0) is 11.3 Å². The Morgan fingerprint density at radius 3 is 2.78 bits per heavy atom. The fraction of sp³-hybridized carbons (Fsp3) is 0.571. The van der Waals surface area contributed by atoms with Crippen LogP contribution in [0.2, 0.25) is 0 Å². The van der Waals surface area contributed by atoms with E-state index in [9.17, 15) is 8.78 Å². The van der Waals surface area contributed by atoms with Gasteiger partial charge in [0, 0.05) is 25.3 Å². The summed E-state index contributed by atoms with van der Waals surface area (Å²) >= 11 is 0. The molecule has 0 fully saturated rings. The molecule has 0 aliphatic rings. The second-order valence-corrected chi connectivity index (χ2v) is 4.73. The van der Waals surface area contributed by atoms with E-state index in [4.69, 9.17) is 4.74 Å². The second kappa shape index (κ2) is 8.16. The standard InChI is InChI=1S/C14H21F2NO/c1-11(2)10-18-7-3-6-17-9-12-8-13(15)4-5-14(12)16/h4-5,8,11,17H,3,6-7,9-10H2,1-2H3. The molecule has 0 spiro atoms. The Morgan fingerprint density at radius 1 is 1.28 bits per heavy atom. The number of nitrogens with one attached hydrogen (secondary N) is 1. The first-order valence-electron chi connectivity index (χ1n) is 6.32. The quantitative estimate of drug-likeness (QED) is 0.722. The molecule has 0 atom stereocenters. The van der Waals surface area contributed by atoms with Gasteiger partial charge in [-0.1, -0.05) is 13.8 Å². The van der Waals surface area contributed by atoms with E-state index in [0.717, 1.165) is 31.7 Å². The van der Waals surface area contributed by atoms with Gasteiger partial charge in [0.2, 0.25) is 0 Å². The van der Waals surface area contributed by atoms with Crippen molar-refractivity contribution < 1.29 is 13.5 Å². The topological polar surface area (TPSA) is 21.3 Å². The van der Waals surface area contributed by atoms with Gasteiger partial charge in [-0.05, 0) is 37.1 Å². The van der Waals surface area contributed by atoms with Gasteiger partial charge in [0.1, 0.15) is 11.6 Å². The molecule has 0 aromatic heterocycles. The predicted octanol–water partition coefficient (Wildman–Crippen LogP) is 3.12. The number of halogens is 2. The van der Waals surface area contributed by atoms with E-state index < -0.39 is 5.82 Å². The lowest BCUT2D eigenvalue weighted by atomic mass is 10.2. The maximum atomic E-state index is 13.3. The first kappa shape index (κ1) is 15.1. The van der Waals surface area contributed by atoms with Crippen LogP contribution >= 0.6 is 0 Å². The zero-order valence-corrected chi connectivity index (χ0v) is 11.0. The van der Waals surface area contributed by atoms with Crippen molar-refractivity contribution in [3.05, 3.63) is 35.4 Å². The highest BCUT2D eigenvalue weighted by Gasteiger charge is 2.02. The summed E-state index contributed by atoms with van der Waals surface area (Å²) in [7, 11) is 0. The molecule has 1 rings (SSSR count). The van der Waals surface area contributed by atoms with Crippen molar-refractivity contribution in [3.8, 4) is 0 Å². The molecule has 0 bridgehead atoms. The fourth-order valence-corrected chi connectivity index (χ4v) is 1.52. The van der Waals surface area contributed by atoms with Gasteiger partial charge in [0.05, 0.1) is 0 Å². The van der Waals surface area contributed by atoms with E-state index in [1.807, 2.05) is 0 Å². The van der Waals surface area contributed by atoms with Gasteiger partial charge in [-0.25, -0.2) is 8.78 Å². The van der Waals surface area contributed by atoms with Crippen LogP contribution in [0.25, 0.3) is 0 Å². The lowest BCUT2D eigenvalue weighted by Gasteiger charge is -2.08. The van der Waals surface area contributed by atoms with Crippen LogP contribution in [0.5, 0.6) is 0 Å². The third-order valence-electron chi connectivity index (χ3n) is 2.42. The summed E-state index contributed by atoms with van der Waals surface area (Å²) in [6.07, 6.45) is 0.865. The monoisotopic (exact) mass is 257 g/mol. The highest BCUT2D eigenvalue weighted by Crippen LogP contribution is 2.09. The summed E-state index contributed by atoms with van der Waals surface area (Å²) in [5.74, 6) is -0.243. The van der Waals surface area contributed by atoms with Crippen molar-refractivity contribution in [2.75, 3.05) is 19.8 Å². The van der Waals surface area contributed by atoms with Crippen molar-refractivity contribution in [2.45, 2.75) is 26.8 Å². The van der Waals surface area contributed by atoms with E-state index in [0.29, 0.717) is 24.6 Å². The molecule has 102 valence electrons. The maximum absolute atomic E-state index is 13.3. The zero-order valence-electron chi connectivity index (χ0n) is 11.0. The Labute approximate surface area is 107 Å². The second-order valence-electron chi connectivity index (χ2n) is 4.73. The molecular weight excluding hydrogens is 236 g/mol. The van der Waals surface area contributed by atoms with Crippen molar-refractivity contribution in [1.29, 1.82) is 0 Å². The molecule has 0 unspecified atom stereocenters. The van der Waals surface area contributed by atoms with E-state index >= 15 is 0 Å². The van der Waals surface area contributed by atoms with Gasteiger partial charge in [-0.3, -0.25) is 0 Å². The number of hydrogen-bond donors (Lipinski definition) is 1. The minimum Gasteiger partial charge on any atom is -0.381 e. The van der Waals surface area contributed by atoms with Gasteiger partial charge >= 0.3 is 0 Å². The van der Waals surface area contributed by atoms with Crippen LogP contribution in [-0.4, -0.2) is 19.8 Å². The average molecular weight is 257 g/mol. The van der Waals surface area contributed by atoms with Crippen LogP contribution < -0.4 is 5.32 Å². The van der Waals surface area contributed by atoms with E-state index in [-0.39, 0.29) is 5.82 Å². The van der Waals surface area contributed by atoms with Crippen LogP contribution in [0.4, 0.5) is 8.78 Å². The van der Waals surface area contributed by atoms with Crippen molar-refractivity contribution >= 4 is 0 Å². The molecule has 0 saturated carbocycles. The fourth-order valence-electron chi connectivity index (χ4n) is 1.52. The highest BCUT2D eigenvalue weighted by atomic mass is 19.1. The van der Waals surface area contributed by atoms with E-state index in [1.54, 1.807) is 0 Å². The summed E-state index contributed by atoms with van der Waals surface area (Å²) in [6.45, 7) is 6.73. The molecule has 4 heteroatoms. The van der Waals surface area contributed by atoms with Crippen LogP contribution in [0.3, 0.4) is 0 Å². The normalized spacial score (nSPS) is 11.2. The van der Waals surface area contributed by atoms with Gasteiger partial charge in [0.15, 0.2) is 0 Å². The minimum absolute atomic E-state index is 0.341. The zero-order chi connectivity index (χ0) is 13.4. The van der Waals surface area contributed by atoms with Gasteiger partial charge < -0.3 is 10.1 Å². The summed E-state index contributed by atoms with van der Waals surface area (Å²) in [5.41, 5.74) is 0.359. The molecule has 1 aromatic carbocycles. The molecule has 1 N–H and O–H groups in total. The molecular formula is C14H21F2NO. The number of benzene rings is 1. The Balaban J connectivity index is 2.12. The molecule has 0 aliphatic carbocycles. The summed E-state index contributed by atoms with van der Waals surface area (Å²) < 4.78 is 31.6. The Morgan fingerprint density at radius 2 is 2.06 bits per heavy atom. The molecule has 2 nitrogen and oxygen atoms in total. The lowest BCUT2D eigenvalue weighted by molar-refractivity contribution is 0.108. The SMILES string of the molecule is CC(C)COCCCNCc1cc(F)ccc1F. The number of ether oxygens (including phenoxy) is 1. The Bertz CT molecular complexity index is 356. The maximum Gasteiger partial charge on any atom is 0.127 e. The Hall–Kier alpha value is -1.00. The minimum atomic E-state index is -0.409. The highest BCUT2D eigenvalue weighted by molar-refractivity contribution is 5.18. The largest absolute Gasteiger partial charge is 0.381 e. The van der Waals surface area contributed by atoms with Crippen LogP contribution in [0.1, 0.15) is 25.8 Å². The predicted molar refractivity (Wildman–Crippen MR) is 68.3 cm³/mol. The number of hydrogen-bond acceptors (Lipinski definition) is 2. The summed E-state index contributed by atoms with van der Waals surface area (Å²) in [5, 5.41) is 3.07. The third kappa shape index (κ3) is 6.07. The van der Waals surface area contributed by atoms with Crippen molar-refractivity contribution in [3.63, 3.8) is 0 Å². The van der Waals surface area contributed by atoms with E-state index in [2.05, 4.69) is 19.2 Å². The lowest BCUT2D eigenvalue weighted by Crippen LogP contribution is -2.17. The van der Waals surface area contributed by atoms with Gasteiger partial charge in [-0.15, -0.1) is 0 Å². The van der Waals surface area contributed by atoms with Crippen molar-refractivity contribution in [1.82, 2.24) is 5.32 Å². The molecule has 0 saturated heterocycles. The molecule has 0 aliphatic heterocycles. The molecule has 0 amide bonds. The molecule has 1 aromatic rings. The van der Waals surface area contributed by atoms with Crippen molar-refractivity contribution in [2.24, 2.45) is 5.92 Å². The molecule has 0 heterocycles. The molecule has 0 radical (unpaired) electrons. The van der Waals surface area contributed by atoms with Gasteiger partial charge in [-0.2, -0.15) is 0 Å². The summed E-state index contributed by atoms with van der Waals surface area (Å²) in [4.78, 5) is 0. The van der Waals surface area contributed by atoms with Crippen LogP contribution in [0, 0.1) is 17.6 Å². The molecule has 18 heavy (non-hydrogen) atoms. The average Bonchev–Trinajstić information content (AvgIpc) is 2.32. The smallest absolute Gasteiger partial charge is 0.127 e. The Kier molecular flexibility index (Phi) is 6.83. The first-order chi connectivity index (χ1) is 8.59. The summed E-state index contributed by atoms with van der Waals surface area (Å²) in [6, 6.07) is 3.49. The first-order valence-corrected chi connectivity index (χ1v) is 6.32. The van der Waals surface area contributed by atoms with Gasteiger partial charge in [0.25, 0.3) is 0 Å². The third-order valence-corrected chi connectivity index (χ3v) is 2.42. The van der Waals surface area contributed by atoms with E-state index in [1.165, 1.54) is 6.07 Å². The number of rotatable bonds is 8.